The molecule has 1 heterocycles. The molecule has 180 valence electrons. The third-order valence-corrected chi connectivity index (χ3v) is 6.54. The van der Waals surface area contributed by atoms with Crippen molar-refractivity contribution in [1.82, 2.24) is 9.55 Å². The first kappa shape index (κ1) is 24.0. The minimum absolute atomic E-state index is 0.0443. The van der Waals surface area contributed by atoms with E-state index in [4.69, 9.17) is 21.7 Å². The Morgan fingerprint density at radius 3 is 2.71 bits per heavy atom. The highest BCUT2D eigenvalue weighted by Gasteiger charge is 2.19. The Kier molecular flexibility index (Phi) is 8.00. The zero-order valence-corrected chi connectivity index (χ0v) is 20.3. The Morgan fingerprint density at radius 2 is 1.91 bits per heavy atom. The summed E-state index contributed by atoms with van der Waals surface area (Å²) in [5.41, 5.74) is 1.38. The van der Waals surface area contributed by atoms with Crippen molar-refractivity contribution in [2.45, 2.75) is 64.0 Å². The maximum atomic E-state index is 12.7. The van der Waals surface area contributed by atoms with Crippen LogP contribution in [0.4, 0.5) is 5.69 Å². The first-order valence-corrected chi connectivity index (χ1v) is 12.3. The number of rotatable bonds is 10. The van der Waals surface area contributed by atoms with Gasteiger partial charge in [0, 0.05) is 24.7 Å². The van der Waals surface area contributed by atoms with E-state index in [-0.39, 0.29) is 17.6 Å². The summed E-state index contributed by atoms with van der Waals surface area (Å²) in [7, 11) is 1.62. The van der Waals surface area contributed by atoms with Crippen molar-refractivity contribution in [3.8, 4) is 11.5 Å². The van der Waals surface area contributed by atoms with Gasteiger partial charge in [-0.1, -0.05) is 18.6 Å². The van der Waals surface area contributed by atoms with Gasteiger partial charge >= 0.3 is 0 Å². The van der Waals surface area contributed by atoms with E-state index < -0.39 is 0 Å². The molecule has 0 aliphatic heterocycles. The largest absolute Gasteiger partial charge is 0.493 e. The molecule has 0 saturated heterocycles. The molecule has 1 aliphatic carbocycles. The van der Waals surface area contributed by atoms with Crippen LogP contribution in [0, 0.1) is 4.77 Å². The van der Waals surface area contributed by atoms with Crippen molar-refractivity contribution >= 4 is 34.7 Å². The second kappa shape index (κ2) is 11.3. The third kappa shape index (κ3) is 5.86. The molecule has 2 aromatic carbocycles. The van der Waals surface area contributed by atoms with Gasteiger partial charge in [-0.15, -0.1) is 0 Å². The van der Waals surface area contributed by atoms with Crippen molar-refractivity contribution in [2.75, 3.05) is 12.4 Å². The number of hydrogen-bond donors (Lipinski definition) is 2. The predicted octanol–water partition coefficient (Wildman–Crippen LogP) is 5.59. The van der Waals surface area contributed by atoms with Gasteiger partial charge in [-0.3, -0.25) is 14.2 Å². The number of aromatic nitrogens is 2. The average molecular weight is 482 g/mol. The molecule has 1 saturated carbocycles. The van der Waals surface area contributed by atoms with Gasteiger partial charge in [-0.25, -0.2) is 0 Å². The van der Waals surface area contributed by atoms with E-state index in [2.05, 4.69) is 10.3 Å². The molecule has 1 fully saturated rings. The lowest BCUT2D eigenvalue weighted by atomic mass is 10.1. The minimum Gasteiger partial charge on any atom is -0.493 e. The molecule has 0 bridgehead atoms. The van der Waals surface area contributed by atoms with Crippen molar-refractivity contribution in [1.29, 1.82) is 0 Å². The van der Waals surface area contributed by atoms with Crippen molar-refractivity contribution in [3.05, 3.63) is 57.6 Å². The molecule has 0 spiro atoms. The monoisotopic (exact) mass is 481 g/mol. The summed E-state index contributed by atoms with van der Waals surface area (Å²) >= 11 is 5.36. The van der Waals surface area contributed by atoms with Gasteiger partial charge in [0.2, 0.25) is 5.91 Å². The number of carbonyl (C=O) groups is 1. The first-order chi connectivity index (χ1) is 16.5. The van der Waals surface area contributed by atoms with Crippen LogP contribution in [0.2, 0.25) is 0 Å². The van der Waals surface area contributed by atoms with Crippen LogP contribution in [0.5, 0.6) is 11.5 Å². The van der Waals surface area contributed by atoms with Crippen LogP contribution in [0.15, 0.2) is 47.3 Å². The minimum atomic E-state index is -0.0766. The molecule has 1 aliphatic rings. The lowest BCUT2D eigenvalue weighted by Crippen LogP contribution is -2.22. The highest BCUT2D eigenvalue weighted by atomic mass is 32.1. The maximum absolute atomic E-state index is 12.7. The molecule has 0 unspecified atom stereocenters. The number of unbranched alkanes of at least 4 members (excludes halogenated alkanes) is 2. The Bertz CT molecular complexity index is 1260. The molecule has 4 rings (SSSR count). The first-order valence-electron chi connectivity index (χ1n) is 11.9. The number of methoxy groups -OCH3 is 1. The van der Waals surface area contributed by atoms with Crippen molar-refractivity contribution < 1.29 is 14.3 Å². The Labute approximate surface area is 204 Å². The molecule has 1 aromatic heterocycles. The predicted molar refractivity (Wildman–Crippen MR) is 136 cm³/mol. The van der Waals surface area contributed by atoms with Crippen LogP contribution in [-0.2, 0) is 11.3 Å². The number of carbonyl (C=O) groups excluding carboxylic acids is 1. The normalized spacial score (nSPS) is 13.8. The van der Waals surface area contributed by atoms with E-state index in [1.165, 1.54) is 12.8 Å². The molecule has 8 heteroatoms. The third-order valence-electron chi connectivity index (χ3n) is 6.22. The van der Waals surface area contributed by atoms with Gasteiger partial charge in [0.05, 0.1) is 24.1 Å². The summed E-state index contributed by atoms with van der Waals surface area (Å²) in [5.74, 6) is 1.30. The topological polar surface area (TPSA) is 85.4 Å². The lowest BCUT2D eigenvalue weighted by molar-refractivity contribution is -0.116. The number of fused-ring (bicyclic) bond motifs is 1. The number of anilines is 1. The molecule has 7 nitrogen and oxygen atoms in total. The van der Waals surface area contributed by atoms with E-state index >= 15 is 0 Å². The zero-order valence-electron chi connectivity index (χ0n) is 19.5. The summed E-state index contributed by atoms with van der Waals surface area (Å²) in [5, 5.41) is 3.58. The molecule has 3 aromatic rings. The molecular formula is C26H31N3O4S. The number of para-hydroxylation sites is 1. The summed E-state index contributed by atoms with van der Waals surface area (Å²) in [6.45, 7) is 0.529. The van der Waals surface area contributed by atoms with Gasteiger partial charge in [-0.05, 0) is 75.0 Å². The van der Waals surface area contributed by atoms with Gasteiger partial charge in [-0.2, -0.15) is 0 Å². The van der Waals surface area contributed by atoms with Gasteiger partial charge in [0.1, 0.15) is 0 Å². The highest BCUT2D eigenvalue weighted by Crippen LogP contribution is 2.34. The summed E-state index contributed by atoms with van der Waals surface area (Å²) in [6.07, 6.45) is 7.41. The smallest absolute Gasteiger partial charge is 0.262 e. The van der Waals surface area contributed by atoms with Gasteiger partial charge in [0.15, 0.2) is 16.3 Å². The molecule has 2 N–H and O–H groups in total. The van der Waals surface area contributed by atoms with Gasteiger partial charge < -0.3 is 19.8 Å². The fourth-order valence-corrected chi connectivity index (χ4v) is 4.67. The maximum Gasteiger partial charge on any atom is 0.262 e. The van der Waals surface area contributed by atoms with Crippen molar-refractivity contribution in [2.24, 2.45) is 0 Å². The van der Waals surface area contributed by atoms with Gasteiger partial charge in [0.25, 0.3) is 5.56 Å². The fraction of sp³-hybridized carbons (Fsp3) is 0.423. The number of benzene rings is 2. The van der Waals surface area contributed by atoms with E-state index in [1.54, 1.807) is 17.7 Å². The average Bonchev–Trinajstić information content (AvgIpc) is 3.34. The second-order valence-corrected chi connectivity index (χ2v) is 9.07. The molecule has 1 amide bonds. The number of amides is 1. The number of ether oxygens (including phenoxy) is 2. The second-order valence-electron chi connectivity index (χ2n) is 8.68. The quantitative estimate of drug-likeness (QED) is 0.291. The molecule has 0 radical (unpaired) electrons. The number of nitrogens with zero attached hydrogens (tertiary/aromatic N) is 1. The Morgan fingerprint density at radius 1 is 1.12 bits per heavy atom. The Hall–Kier alpha value is -3.13. The van der Waals surface area contributed by atoms with Crippen LogP contribution in [0.25, 0.3) is 10.9 Å². The van der Waals surface area contributed by atoms with E-state index in [9.17, 15) is 9.59 Å². The summed E-state index contributed by atoms with van der Waals surface area (Å²) in [6, 6.07) is 12.8. The number of hydrogen-bond acceptors (Lipinski definition) is 5. The van der Waals surface area contributed by atoms with Crippen LogP contribution >= 0.6 is 12.2 Å². The zero-order chi connectivity index (χ0) is 23.9. The molecular weight excluding hydrogens is 450 g/mol. The highest BCUT2D eigenvalue weighted by molar-refractivity contribution is 7.71. The lowest BCUT2D eigenvalue weighted by Gasteiger charge is -2.17. The fourth-order valence-electron chi connectivity index (χ4n) is 4.39. The SMILES string of the molecule is COc1ccc(NC(=O)CCCCCn2c(=S)[nH]c3ccccc3c2=O)cc1OC1CCCC1. The summed E-state index contributed by atoms with van der Waals surface area (Å²) in [4.78, 5) is 28.3. The Balaban J connectivity index is 1.26. The van der Waals surface area contributed by atoms with Crippen LogP contribution < -0.4 is 20.3 Å². The van der Waals surface area contributed by atoms with Crippen LogP contribution in [0.1, 0.15) is 51.4 Å². The van der Waals surface area contributed by atoms with E-state index in [0.717, 1.165) is 37.6 Å². The number of aromatic amines is 1. The van der Waals surface area contributed by atoms with Crippen molar-refractivity contribution in [3.63, 3.8) is 0 Å². The van der Waals surface area contributed by atoms with E-state index in [1.807, 2.05) is 36.4 Å². The molecule has 0 atom stereocenters. The number of H-pyrrole nitrogens is 1. The standard InChI is InChI=1S/C26H31N3O4S/c1-32-22-15-14-18(17-23(22)33-19-9-4-5-10-19)27-24(30)13-3-2-8-16-29-25(31)20-11-6-7-12-21(20)28-26(29)34/h6-7,11-12,14-15,17,19H,2-5,8-10,13,16H2,1H3,(H,27,30)(H,28,34). The van der Waals surface area contributed by atoms with E-state index in [0.29, 0.717) is 40.3 Å². The molecule has 34 heavy (non-hydrogen) atoms. The van der Waals surface area contributed by atoms with Crippen LogP contribution in [-0.4, -0.2) is 28.7 Å². The number of nitrogens with one attached hydrogen (secondary N) is 2. The summed E-state index contributed by atoms with van der Waals surface area (Å²) < 4.78 is 13.5. The van der Waals surface area contributed by atoms with Crippen LogP contribution in [0.3, 0.4) is 0 Å².